The molecule has 6 nitrogen and oxygen atoms in total. The summed E-state index contributed by atoms with van der Waals surface area (Å²) < 4.78 is 7.46. The largest absolute Gasteiger partial charge is 0.496 e. The van der Waals surface area contributed by atoms with Crippen LogP contribution in [0.2, 0.25) is 0 Å². The lowest BCUT2D eigenvalue weighted by Gasteiger charge is -2.25. The van der Waals surface area contributed by atoms with Gasteiger partial charge in [0, 0.05) is 31.5 Å². The van der Waals surface area contributed by atoms with Gasteiger partial charge < -0.3 is 19.4 Å². The van der Waals surface area contributed by atoms with E-state index in [1.807, 2.05) is 60.7 Å². The van der Waals surface area contributed by atoms with E-state index >= 15 is 0 Å². The fourth-order valence-electron chi connectivity index (χ4n) is 3.90. The smallest absolute Gasteiger partial charge is 0.227 e. The lowest BCUT2D eigenvalue weighted by molar-refractivity contribution is -0.131. The molecule has 1 amide bonds. The van der Waals surface area contributed by atoms with E-state index in [0.29, 0.717) is 6.42 Å². The standard InChI is InChI=1S/C21H24N4O2/c1-22-21-18-9-5-11-24(18)14-16(23-21)17-8-6-12-25(17)20(26)13-15-7-3-4-10-19(15)27-2/h3-5,7,9-11,14,17H,6,8,12-13H2,1-2H3,(H,22,23). The first kappa shape index (κ1) is 17.4. The molecule has 2 aromatic heterocycles. The van der Waals surface area contributed by atoms with Crippen LogP contribution in [0.4, 0.5) is 5.82 Å². The van der Waals surface area contributed by atoms with Crippen LogP contribution in [0.15, 0.2) is 48.8 Å². The number of ether oxygens (including phenoxy) is 1. The summed E-state index contributed by atoms with van der Waals surface area (Å²) in [5, 5.41) is 3.17. The Morgan fingerprint density at radius 3 is 2.96 bits per heavy atom. The predicted octanol–water partition coefficient (Wildman–Crippen LogP) is 3.29. The third-order valence-corrected chi connectivity index (χ3v) is 5.22. The Hall–Kier alpha value is -3.02. The van der Waals surface area contributed by atoms with E-state index in [1.165, 1.54) is 0 Å². The number of hydrogen-bond donors (Lipinski definition) is 1. The summed E-state index contributed by atoms with van der Waals surface area (Å²) in [5.74, 6) is 1.70. The van der Waals surface area contributed by atoms with E-state index in [2.05, 4.69) is 9.72 Å². The number of fused-ring (bicyclic) bond motifs is 1. The molecule has 1 aliphatic rings. The summed E-state index contributed by atoms with van der Waals surface area (Å²) in [6, 6.07) is 11.7. The summed E-state index contributed by atoms with van der Waals surface area (Å²) in [6.07, 6.45) is 6.31. The second-order valence-corrected chi connectivity index (χ2v) is 6.80. The number of anilines is 1. The number of hydrogen-bond acceptors (Lipinski definition) is 4. The highest BCUT2D eigenvalue weighted by Gasteiger charge is 2.31. The molecule has 1 aliphatic heterocycles. The molecule has 4 rings (SSSR count). The van der Waals surface area contributed by atoms with Gasteiger partial charge in [-0.15, -0.1) is 0 Å². The first-order chi connectivity index (χ1) is 13.2. The van der Waals surface area contributed by atoms with E-state index in [-0.39, 0.29) is 11.9 Å². The van der Waals surface area contributed by atoms with E-state index in [1.54, 1.807) is 7.11 Å². The number of carbonyl (C=O) groups excluding carboxylic acids is 1. The van der Waals surface area contributed by atoms with Crippen molar-refractivity contribution in [2.75, 3.05) is 26.0 Å². The Balaban J connectivity index is 1.61. The molecule has 1 saturated heterocycles. The molecule has 1 N–H and O–H groups in total. The number of aromatic nitrogens is 2. The van der Waals surface area contributed by atoms with Gasteiger partial charge in [0.15, 0.2) is 0 Å². The molecule has 0 aliphatic carbocycles. The van der Waals surface area contributed by atoms with Crippen molar-refractivity contribution in [2.24, 2.45) is 0 Å². The Morgan fingerprint density at radius 1 is 1.30 bits per heavy atom. The molecule has 1 atom stereocenters. The number of carbonyl (C=O) groups is 1. The number of nitrogens with zero attached hydrogens (tertiary/aromatic N) is 3. The Bertz CT molecular complexity index is 966. The summed E-state index contributed by atoms with van der Waals surface area (Å²) in [6.45, 7) is 0.763. The topological polar surface area (TPSA) is 58.9 Å². The van der Waals surface area contributed by atoms with Crippen molar-refractivity contribution >= 4 is 17.2 Å². The molecule has 140 valence electrons. The maximum atomic E-state index is 13.1. The highest BCUT2D eigenvalue weighted by molar-refractivity contribution is 5.80. The lowest BCUT2D eigenvalue weighted by atomic mass is 10.1. The summed E-state index contributed by atoms with van der Waals surface area (Å²) in [7, 11) is 3.51. The molecule has 3 aromatic rings. The Morgan fingerprint density at radius 2 is 2.15 bits per heavy atom. The SMILES string of the molecule is CNc1nc(C2CCCN2C(=O)Cc2ccccc2OC)cn2cccc12. The minimum absolute atomic E-state index is 0.00565. The van der Waals surface area contributed by atoms with Gasteiger partial charge in [0.25, 0.3) is 0 Å². The molecular weight excluding hydrogens is 340 g/mol. The molecular formula is C21H24N4O2. The maximum Gasteiger partial charge on any atom is 0.227 e. The van der Waals surface area contributed by atoms with Gasteiger partial charge >= 0.3 is 0 Å². The highest BCUT2D eigenvalue weighted by atomic mass is 16.5. The molecule has 27 heavy (non-hydrogen) atoms. The third-order valence-electron chi connectivity index (χ3n) is 5.22. The van der Waals surface area contributed by atoms with Crippen LogP contribution in [0.5, 0.6) is 5.75 Å². The van der Waals surface area contributed by atoms with E-state index in [4.69, 9.17) is 9.72 Å². The van der Waals surface area contributed by atoms with Gasteiger partial charge in [-0.05, 0) is 31.0 Å². The average molecular weight is 364 g/mol. The van der Waals surface area contributed by atoms with E-state index < -0.39 is 0 Å². The minimum atomic E-state index is 0.00565. The van der Waals surface area contributed by atoms with Crippen molar-refractivity contribution in [1.82, 2.24) is 14.3 Å². The zero-order valence-electron chi connectivity index (χ0n) is 15.7. The zero-order chi connectivity index (χ0) is 18.8. The van der Waals surface area contributed by atoms with Crippen molar-refractivity contribution in [3.05, 3.63) is 60.0 Å². The Labute approximate surface area is 158 Å². The molecule has 0 radical (unpaired) electrons. The van der Waals surface area contributed by atoms with Crippen LogP contribution in [-0.2, 0) is 11.2 Å². The fraction of sp³-hybridized carbons (Fsp3) is 0.333. The minimum Gasteiger partial charge on any atom is -0.496 e. The molecule has 3 heterocycles. The summed E-state index contributed by atoms with van der Waals surface area (Å²) in [5.41, 5.74) is 2.88. The van der Waals surface area contributed by atoms with Gasteiger partial charge in [-0.1, -0.05) is 18.2 Å². The number of nitrogens with one attached hydrogen (secondary N) is 1. The number of para-hydroxylation sites is 1. The summed E-state index contributed by atoms with van der Waals surface area (Å²) >= 11 is 0. The normalized spacial score (nSPS) is 16.7. The number of rotatable bonds is 5. The van der Waals surface area contributed by atoms with Crippen LogP contribution < -0.4 is 10.1 Å². The summed E-state index contributed by atoms with van der Waals surface area (Å²) in [4.78, 5) is 19.8. The number of benzene rings is 1. The molecule has 6 heteroatoms. The third kappa shape index (κ3) is 3.23. The van der Waals surface area contributed by atoms with E-state index in [0.717, 1.165) is 47.7 Å². The van der Waals surface area contributed by atoms with Crippen LogP contribution in [0.3, 0.4) is 0 Å². The molecule has 1 aromatic carbocycles. The number of amides is 1. The maximum absolute atomic E-state index is 13.1. The van der Waals surface area contributed by atoms with Crippen LogP contribution in [-0.4, -0.2) is 40.9 Å². The lowest BCUT2D eigenvalue weighted by Crippen LogP contribution is -2.32. The molecule has 0 saturated carbocycles. The monoisotopic (exact) mass is 364 g/mol. The van der Waals surface area contributed by atoms with Crippen LogP contribution in [0.1, 0.15) is 30.1 Å². The van der Waals surface area contributed by atoms with Gasteiger partial charge in [-0.2, -0.15) is 0 Å². The van der Waals surface area contributed by atoms with Crippen LogP contribution >= 0.6 is 0 Å². The average Bonchev–Trinajstić information content (AvgIpc) is 3.36. The molecule has 0 spiro atoms. The first-order valence-electron chi connectivity index (χ1n) is 9.28. The van der Waals surface area contributed by atoms with Gasteiger partial charge in [0.05, 0.1) is 30.8 Å². The van der Waals surface area contributed by atoms with Crippen molar-refractivity contribution in [3.8, 4) is 5.75 Å². The van der Waals surface area contributed by atoms with Gasteiger partial charge in [-0.3, -0.25) is 4.79 Å². The van der Waals surface area contributed by atoms with E-state index in [9.17, 15) is 4.79 Å². The molecule has 1 unspecified atom stereocenters. The quantitative estimate of drug-likeness (QED) is 0.755. The Kier molecular flexibility index (Phi) is 4.71. The van der Waals surface area contributed by atoms with Crippen molar-refractivity contribution in [1.29, 1.82) is 0 Å². The van der Waals surface area contributed by atoms with Crippen molar-refractivity contribution in [2.45, 2.75) is 25.3 Å². The highest BCUT2D eigenvalue weighted by Crippen LogP contribution is 2.33. The fourth-order valence-corrected chi connectivity index (χ4v) is 3.90. The number of likely N-dealkylation sites (tertiary alicyclic amines) is 1. The van der Waals surface area contributed by atoms with Crippen LogP contribution in [0, 0.1) is 0 Å². The van der Waals surface area contributed by atoms with Crippen molar-refractivity contribution in [3.63, 3.8) is 0 Å². The molecule has 1 fully saturated rings. The van der Waals surface area contributed by atoms with Crippen LogP contribution in [0.25, 0.3) is 5.52 Å². The molecule has 0 bridgehead atoms. The second kappa shape index (κ2) is 7.31. The van der Waals surface area contributed by atoms with Crippen molar-refractivity contribution < 1.29 is 9.53 Å². The van der Waals surface area contributed by atoms with Gasteiger partial charge in [0.2, 0.25) is 5.91 Å². The number of methoxy groups -OCH3 is 1. The predicted molar refractivity (Wildman–Crippen MR) is 105 cm³/mol. The zero-order valence-corrected chi connectivity index (χ0v) is 15.7. The van der Waals surface area contributed by atoms with Gasteiger partial charge in [0.1, 0.15) is 11.6 Å². The van der Waals surface area contributed by atoms with Gasteiger partial charge in [-0.25, -0.2) is 4.98 Å². The first-order valence-corrected chi connectivity index (χ1v) is 9.28. The second-order valence-electron chi connectivity index (χ2n) is 6.80.